The monoisotopic (exact) mass is 318 g/mol. The Kier molecular flexibility index (Phi) is 4.42. The highest BCUT2D eigenvalue weighted by atomic mass is 14.4. The van der Waals surface area contributed by atoms with Gasteiger partial charge in [0.1, 0.15) is 0 Å². The Morgan fingerprint density at radius 2 is 1.50 bits per heavy atom. The number of hydrogen-bond donors (Lipinski definition) is 0. The first-order chi connectivity index (χ1) is 11.3. The molecule has 1 aliphatic rings. The second kappa shape index (κ2) is 6.24. The topological polar surface area (TPSA) is 0 Å². The molecule has 2 aromatic rings. The van der Waals surface area contributed by atoms with Crippen molar-refractivity contribution in [3.05, 3.63) is 70.8 Å². The smallest absolute Gasteiger partial charge is 0.0100 e. The first kappa shape index (κ1) is 17.0. The fraction of sp³-hybridized carbons (Fsp3) is 0.417. The van der Waals surface area contributed by atoms with E-state index in [0.717, 1.165) is 6.42 Å². The number of benzene rings is 2. The van der Waals surface area contributed by atoms with E-state index in [4.69, 9.17) is 0 Å². The molecule has 0 aliphatic heterocycles. The molecule has 0 atom stereocenters. The Balaban J connectivity index is 2.08. The summed E-state index contributed by atoms with van der Waals surface area (Å²) >= 11 is 0. The number of rotatable bonds is 3. The van der Waals surface area contributed by atoms with Gasteiger partial charge < -0.3 is 0 Å². The van der Waals surface area contributed by atoms with Crippen LogP contribution >= 0.6 is 0 Å². The van der Waals surface area contributed by atoms with Crippen molar-refractivity contribution in [1.82, 2.24) is 0 Å². The second-order valence-corrected chi connectivity index (χ2v) is 8.46. The Bertz CT molecular complexity index is 745. The zero-order valence-electron chi connectivity index (χ0n) is 15.8. The maximum absolute atomic E-state index is 2.47. The van der Waals surface area contributed by atoms with E-state index < -0.39 is 0 Å². The van der Waals surface area contributed by atoms with Crippen LogP contribution in [0.15, 0.2) is 48.5 Å². The molecule has 0 N–H and O–H groups in total. The van der Waals surface area contributed by atoms with Gasteiger partial charge in [-0.25, -0.2) is 0 Å². The van der Waals surface area contributed by atoms with Gasteiger partial charge in [-0.1, -0.05) is 89.2 Å². The van der Waals surface area contributed by atoms with Gasteiger partial charge >= 0.3 is 0 Å². The highest BCUT2D eigenvalue weighted by Crippen LogP contribution is 2.46. The quantitative estimate of drug-likeness (QED) is 0.535. The maximum atomic E-state index is 2.47. The Hall–Kier alpha value is -1.82. The van der Waals surface area contributed by atoms with Gasteiger partial charge in [0.05, 0.1) is 0 Å². The molecule has 0 radical (unpaired) electrons. The van der Waals surface area contributed by atoms with Crippen molar-refractivity contribution in [1.29, 1.82) is 0 Å². The molecule has 1 aliphatic carbocycles. The minimum atomic E-state index is 0.270. The lowest BCUT2D eigenvalue weighted by Crippen LogP contribution is -2.33. The van der Waals surface area contributed by atoms with Gasteiger partial charge in [-0.05, 0) is 57.9 Å². The Morgan fingerprint density at radius 3 is 2.12 bits per heavy atom. The predicted octanol–water partition coefficient (Wildman–Crippen LogP) is 6.99. The van der Waals surface area contributed by atoms with E-state index in [1.54, 1.807) is 5.56 Å². The lowest BCUT2D eigenvalue weighted by molar-refractivity contribution is 0.332. The Labute approximate surface area is 147 Å². The molecule has 0 aromatic heterocycles. The predicted molar refractivity (Wildman–Crippen MR) is 106 cm³/mol. The van der Waals surface area contributed by atoms with E-state index in [0.29, 0.717) is 5.41 Å². The van der Waals surface area contributed by atoms with Crippen LogP contribution in [0, 0.1) is 0 Å². The zero-order chi connectivity index (χ0) is 17.4. The first-order valence-corrected chi connectivity index (χ1v) is 9.24. The number of hydrogen-bond acceptors (Lipinski definition) is 0. The summed E-state index contributed by atoms with van der Waals surface area (Å²) in [5.74, 6) is 0. The first-order valence-electron chi connectivity index (χ1n) is 9.24. The van der Waals surface area contributed by atoms with Crippen LogP contribution in [0.3, 0.4) is 0 Å². The summed E-state index contributed by atoms with van der Waals surface area (Å²) in [5, 5.41) is 0. The van der Waals surface area contributed by atoms with Crippen molar-refractivity contribution in [3.63, 3.8) is 0 Å². The number of fused-ring (bicyclic) bond motifs is 1. The maximum Gasteiger partial charge on any atom is -0.0100 e. The molecule has 24 heavy (non-hydrogen) atoms. The molecule has 126 valence electrons. The highest BCUT2D eigenvalue weighted by Gasteiger charge is 2.36. The SMILES string of the molecule is CCC(=Cc1ccccc1)c1ccc2c(c1)C(C)(C)CCC2(C)C. The van der Waals surface area contributed by atoms with Gasteiger partial charge in [0.25, 0.3) is 0 Å². The fourth-order valence-electron chi connectivity index (χ4n) is 3.93. The van der Waals surface area contributed by atoms with E-state index in [2.05, 4.69) is 89.2 Å². The van der Waals surface area contributed by atoms with Crippen LogP contribution in [0.25, 0.3) is 11.6 Å². The molecular formula is C24H30. The molecular weight excluding hydrogens is 288 g/mol. The highest BCUT2D eigenvalue weighted by molar-refractivity contribution is 5.81. The van der Waals surface area contributed by atoms with Gasteiger partial charge in [-0.2, -0.15) is 0 Å². The van der Waals surface area contributed by atoms with Crippen LogP contribution in [-0.4, -0.2) is 0 Å². The van der Waals surface area contributed by atoms with E-state index in [1.807, 2.05) is 0 Å². The summed E-state index contributed by atoms with van der Waals surface area (Å²) < 4.78 is 0. The largest absolute Gasteiger partial charge is 0.0622 e. The van der Waals surface area contributed by atoms with Crippen molar-refractivity contribution in [3.8, 4) is 0 Å². The van der Waals surface area contributed by atoms with Gasteiger partial charge in [0.15, 0.2) is 0 Å². The summed E-state index contributed by atoms with van der Waals surface area (Å²) in [7, 11) is 0. The molecule has 0 spiro atoms. The van der Waals surface area contributed by atoms with Crippen molar-refractivity contribution in [2.24, 2.45) is 0 Å². The van der Waals surface area contributed by atoms with Gasteiger partial charge in [0.2, 0.25) is 0 Å². The second-order valence-electron chi connectivity index (χ2n) is 8.46. The molecule has 0 saturated carbocycles. The molecule has 2 aromatic carbocycles. The van der Waals surface area contributed by atoms with Crippen LogP contribution in [0.4, 0.5) is 0 Å². The van der Waals surface area contributed by atoms with Gasteiger partial charge in [0, 0.05) is 0 Å². The third kappa shape index (κ3) is 3.20. The minimum Gasteiger partial charge on any atom is -0.0622 e. The third-order valence-electron chi connectivity index (χ3n) is 5.74. The molecule has 3 rings (SSSR count). The molecule has 0 bridgehead atoms. The summed E-state index contributed by atoms with van der Waals surface area (Å²) in [6, 6.07) is 17.8. The molecule has 0 fully saturated rings. The van der Waals surface area contributed by atoms with Crippen LogP contribution in [0.5, 0.6) is 0 Å². The summed E-state index contributed by atoms with van der Waals surface area (Å²) in [6.07, 6.45) is 5.92. The molecule has 0 unspecified atom stereocenters. The van der Waals surface area contributed by atoms with Crippen molar-refractivity contribution in [2.45, 2.75) is 64.7 Å². The zero-order valence-corrected chi connectivity index (χ0v) is 15.8. The fourth-order valence-corrected chi connectivity index (χ4v) is 3.93. The minimum absolute atomic E-state index is 0.270. The molecule has 0 saturated heterocycles. The molecule has 0 amide bonds. The molecule has 0 heterocycles. The summed E-state index contributed by atoms with van der Waals surface area (Å²) in [4.78, 5) is 0. The normalized spacial score (nSPS) is 19.0. The van der Waals surface area contributed by atoms with Crippen LogP contribution in [0.2, 0.25) is 0 Å². The van der Waals surface area contributed by atoms with Crippen molar-refractivity contribution >= 4 is 11.6 Å². The van der Waals surface area contributed by atoms with Crippen molar-refractivity contribution < 1.29 is 0 Å². The van der Waals surface area contributed by atoms with E-state index in [1.165, 1.54) is 35.1 Å². The van der Waals surface area contributed by atoms with E-state index >= 15 is 0 Å². The Morgan fingerprint density at radius 1 is 0.875 bits per heavy atom. The third-order valence-corrected chi connectivity index (χ3v) is 5.74. The van der Waals surface area contributed by atoms with Crippen LogP contribution < -0.4 is 0 Å². The van der Waals surface area contributed by atoms with E-state index in [-0.39, 0.29) is 5.41 Å². The van der Waals surface area contributed by atoms with Crippen LogP contribution in [0.1, 0.15) is 76.1 Å². The average molecular weight is 319 g/mol. The van der Waals surface area contributed by atoms with Gasteiger partial charge in [-0.15, -0.1) is 0 Å². The summed E-state index contributed by atoms with van der Waals surface area (Å²) in [5.41, 5.74) is 7.73. The molecule has 0 heteroatoms. The summed E-state index contributed by atoms with van der Waals surface area (Å²) in [6.45, 7) is 11.8. The van der Waals surface area contributed by atoms with Crippen LogP contribution in [-0.2, 0) is 10.8 Å². The standard InChI is InChI=1S/C24H30/c1-6-19(16-18-10-8-7-9-11-18)20-12-13-21-22(17-20)24(4,5)15-14-23(21,2)3/h7-13,16-17H,6,14-15H2,1-5H3. The van der Waals surface area contributed by atoms with E-state index in [9.17, 15) is 0 Å². The molecule has 0 nitrogen and oxygen atoms in total. The lowest BCUT2D eigenvalue weighted by atomic mass is 9.63. The number of allylic oxidation sites excluding steroid dienone is 1. The average Bonchev–Trinajstić information content (AvgIpc) is 2.57. The lowest BCUT2D eigenvalue weighted by Gasteiger charge is -2.42. The van der Waals surface area contributed by atoms with Gasteiger partial charge in [-0.3, -0.25) is 0 Å². The van der Waals surface area contributed by atoms with Crippen molar-refractivity contribution in [2.75, 3.05) is 0 Å².